The molecular weight excluding hydrogens is 731 g/mol. The predicted octanol–water partition coefficient (Wildman–Crippen LogP) is 12.6. The van der Waals surface area contributed by atoms with Crippen LogP contribution in [0.1, 0.15) is 47.8 Å². The van der Waals surface area contributed by atoms with Crippen LogP contribution in [0, 0.1) is 11.6 Å². The summed E-state index contributed by atoms with van der Waals surface area (Å²) >= 11 is 0. The van der Waals surface area contributed by atoms with Gasteiger partial charge < -0.3 is 9.47 Å². The Balaban J connectivity index is 1.07. The minimum atomic E-state index is -0.427. The molecule has 0 fully saturated rings. The number of ketones is 3. The lowest BCUT2D eigenvalue weighted by molar-refractivity contribution is 0.103. The van der Waals surface area contributed by atoms with E-state index in [-0.39, 0.29) is 17.3 Å². The van der Waals surface area contributed by atoms with Crippen molar-refractivity contribution < 1.29 is 32.6 Å². The van der Waals surface area contributed by atoms with Crippen molar-refractivity contribution in [3.63, 3.8) is 0 Å². The maximum absolute atomic E-state index is 14.4. The highest BCUT2D eigenvalue weighted by Gasteiger charge is 2.19. The van der Waals surface area contributed by atoms with E-state index < -0.39 is 11.6 Å². The van der Waals surface area contributed by atoms with Gasteiger partial charge in [0, 0.05) is 33.4 Å². The Labute approximate surface area is 333 Å². The SMILES string of the molecule is O=C(c1ccc(F)cc1)c1ccc(-c2ccc(-c3ccc(C(=O)c4ccc(F)cc4)cc3)c(C(=O)c3ccc(Oc4ccc(Oc5ccccc5)cc4)cc3)c2)cc1. The Bertz CT molecular complexity index is 2730. The zero-order valence-electron chi connectivity index (χ0n) is 30.8. The first kappa shape index (κ1) is 37.2. The average molecular weight is 763 g/mol. The van der Waals surface area contributed by atoms with Gasteiger partial charge in [0.05, 0.1) is 0 Å². The minimum absolute atomic E-state index is 0.236. The molecule has 0 radical (unpaired) electrons. The summed E-state index contributed by atoms with van der Waals surface area (Å²) in [6, 6.07) is 53.9. The maximum atomic E-state index is 14.4. The molecule has 0 heterocycles. The highest BCUT2D eigenvalue weighted by atomic mass is 19.1. The molecule has 7 heteroatoms. The van der Waals surface area contributed by atoms with Gasteiger partial charge in [-0.3, -0.25) is 14.4 Å². The third-order valence-corrected chi connectivity index (χ3v) is 9.57. The maximum Gasteiger partial charge on any atom is 0.193 e. The molecule has 0 N–H and O–H groups in total. The number of carbonyl (C=O) groups excluding carboxylic acids is 3. The molecule has 0 amide bonds. The summed E-state index contributed by atoms with van der Waals surface area (Å²) < 4.78 is 38.9. The Morgan fingerprint density at radius 3 is 1.14 bits per heavy atom. The Morgan fingerprint density at radius 1 is 0.328 bits per heavy atom. The molecule has 58 heavy (non-hydrogen) atoms. The second-order valence-electron chi connectivity index (χ2n) is 13.4. The second-order valence-corrected chi connectivity index (χ2v) is 13.4. The van der Waals surface area contributed by atoms with Gasteiger partial charge in [0.1, 0.15) is 34.6 Å². The third-order valence-electron chi connectivity index (χ3n) is 9.57. The highest BCUT2D eigenvalue weighted by Crippen LogP contribution is 2.33. The van der Waals surface area contributed by atoms with Gasteiger partial charge in [0.2, 0.25) is 0 Å². The van der Waals surface area contributed by atoms with Gasteiger partial charge in [0.25, 0.3) is 0 Å². The summed E-state index contributed by atoms with van der Waals surface area (Å²) in [5.74, 6) is 0.965. The smallest absolute Gasteiger partial charge is 0.193 e. The summed E-state index contributed by atoms with van der Waals surface area (Å²) in [6.07, 6.45) is 0. The van der Waals surface area contributed by atoms with Gasteiger partial charge in [-0.2, -0.15) is 0 Å². The summed E-state index contributed by atoms with van der Waals surface area (Å²) in [5.41, 5.74) is 5.34. The number of hydrogen-bond acceptors (Lipinski definition) is 5. The topological polar surface area (TPSA) is 69.7 Å². The normalized spacial score (nSPS) is 10.8. The van der Waals surface area contributed by atoms with Crippen molar-refractivity contribution in [2.45, 2.75) is 0 Å². The van der Waals surface area contributed by atoms with Crippen molar-refractivity contribution in [2.75, 3.05) is 0 Å². The molecule has 280 valence electrons. The quantitative estimate of drug-likeness (QED) is 0.116. The molecule has 0 unspecified atom stereocenters. The number of para-hydroxylation sites is 1. The Kier molecular flexibility index (Phi) is 10.6. The van der Waals surface area contributed by atoms with E-state index in [2.05, 4.69) is 0 Å². The van der Waals surface area contributed by atoms with Crippen LogP contribution in [0.25, 0.3) is 22.3 Å². The molecule has 0 aliphatic rings. The van der Waals surface area contributed by atoms with Crippen LogP contribution in [0.4, 0.5) is 8.78 Å². The molecule has 8 aromatic carbocycles. The molecule has 0 aliphatic carbocycles. The van der Waals surface area contributed by atoms with E-state index in [0.717, 1.165) is 16.9 Å². The number of carbonyl (C=O) groups is 3. The van der Waals surface area contributed by atoms with Gasteiger partial charge in [-0.25, -0.2) is 8.78 Å². The third kappa shape index (κ3) is 8.39. The van der Waals surface area contributed by atoms with E-state index in [1.165, 1.54) is 48.5 Å². The van der Waals surface area contributed by atoms with Crippen molar-refractivity contribution in [1.82, 2.24) is 0 Å². The minimum Gasteiger partial charge on any atom is -0.457 e. The molecule has 8 aromatic rings. The van der Waals surface area contributed by atoms with Crippen LogP contribution in [-0.2, 0) is 0 Å². The van der Waals surface area contributed by atoms with Crippen LogP contribution in [0.15, 0.2) is 194 Å². The average Bonchev–Trinajstić information content (AvgIpc) is 3.27. The fourth-order valence-corrected chi connectivity index (χ4v) is 6.48. The Hall–Kier alpha value is -7.77. The number of benzene rings is 8. The summed E-state index contributed by atoms with van der Waals surface area (Å²) in [6.45, 7) is 0. The molecule has 0 saturated heterocycles. The molecular formula is C51H32F2O5. The van der Waals surface area contributed by atoms with Crippen molar-refractivity contribution in [3.05, 3.63) is 239 Å². The first-order valence-corrected chi connectivity index (χ1v) is 18.4. The molecule has 0 saturated carbocycles. The van der Waals surface area contributed by atoms with E-state index in [1.54, 1.807) is 72.8 Å². The van der Waals surface area contributed by atoms with Crippen molar-refractivity contribution in [2.24, 2.45) is 0 Å². The van der Waals surface area contributed by atoms with E-state index in [1.807, 2.05) is 72.8 Å². The molecule has 0 bridgehead atoms. The van der Waals surface area contributed by atoms with Crippen LogP contribution in [-0.4, -0.2) is 17.3 Å². The Morgan fingerprint density at radius 2 is 0.672 bits per heavy atom. The molecule has 8 rings (SSSR count). The van der Waals surface area contributed by atoms with E-state index in [9.17, 15) is 23.2 Å². The fourth-order valence-electron chi connectivity index (χ4n) is 6.48. The van der Waals surface area contributed by atoms with Crippen LogP contribution in [0.3, 0.4) is 0 Å². The second kappa shape index (κ2) is 16.5. The summed E-state index contributed by atoms with van der Waals surface area (Å²) in [5, 5.41) is 0. The standard InChI is InChI=1S/C51H32F2O5/c52-41-21-14-37(15-22-41)49(54)35-10-6-33(7-11-35)40-20-31-47(34-8-12-36(13-9-34)50(55)38-16-23-42(53)24-17-38)48(32-40)51(56)39-18-25-44(26-19-39)58-46-29-27-45(28-30-46)57-43-4-2-1-3-5-43/h1-32H. The monoisotopic (exact) mass is 762 g/mol. The molecule has 0 aromatic heterocycles. The fraction of sp³-hybridized carbons (Fsp3) is 0. The van der Waals surface area contributed by atoms with Gasteiger partial charge in [-0.15, -0.1) is 0 Å². The lowest BCUT2D eigenvalue weighted by Gasteiger charge is -2.14. The van der Waals surface area contributed by atoms with Crippen LogP contribution >= 0.6 is 0 Å². The predicted molar refractivity (Wildman–Crippen MR) is 220 cm³/mol. The lowest BCUT2D eigenvalue weighted by atomic mass is 9.89. The summed E-state index contributed by atoms with van der Waals surface area (Å²) in [4.78, 5) is 40.6. The van der Waals surface area contributed by atoms with Crippen LogP contribution < -0.4 is 9.47 Å². The van der Waals surface area contributed by atoms with Gasteiger partial charge >= 0.3 is 0 Å². The van der Waals surface area contributed by atoms with Gasteiger partial charge in [-0.05, 0) is 138 Å². The van der Waals surface area contributed by atoms with Crippen molar-refractivity contribution in [3.8, 4) is 45.3 Å². The largest absolute Gasteiger partial charge is 0.457 e. The molecule has 5 nitrogen and oxygen atoms in total. The molecule has 0 aliphatic heterocycles. The van der Waals surface area contributed by atoms with Crippen molar-refractivity contribution in [1.29, 1.82) is 0 Å². The van der Waals surface area contributed by atoms with E-state index in [0.29, 0.717) is 61.8 Å². The molecule has 0 atom stereocenters. The van der Waals surface area contributed by atoms with Crippen LogP contribution in [0.5, 0.6) is 23.0 Å². The van der Waals surface area contributed by atoms with Gasteiger partial charge in [-0.1, -0.05) is 78.9 Å². The zero-order chi connectivity index (χ0) is 40.0. The summed E-state index contributed by atoms with van der Waals surface area (Å²) in [7, 11) is 0. The first-order chi connectivity index (χ1) is 28.3. The van der Waals surface area contributed by atoms with E-state index >= 15 is 0 Å². The van der Waals surface area contributed by atoms with E-state index in [4.69, 9.17) is 9.47 Å². The van der Waals surface area contributed by atoms with Crippen molar-refractivity contribution >= 4 is 17.3 Å². The van der Waals surface area contributed by atoms with Crippen LogP contribution in [0.2, 0.25) is 0 Å². The van der Waals surface area contributed by atoms with Gasteiger partial charge in [0.15, 0.2) is 17.3 Å². The lowest BCUT2D eigenvalue weighted by Crippen LogP contribution is -2.05. The number of rotatable bonds is 12. The highest BCUT2D eigenvalue weighted by molar-refractivity contribution is 6.14. The zero-order valence-corrected chi connectivity index (χ0v) is 30.8. The first-order valence-electron chi connectivity index (χ1n) is 18.4. The number of halogens is 2. The number of ether oxygens (including phenoxy) is 2. The number of hydrogen-bond donors (Lipinski definition) is 0. The molecule has 0 spiro atoms.